The fourth-order valence-corrected chi connectivity index (χ4v) is 2.35. The van der Waals surface area contributed by atoms with Crippen molar-refractivity contribution in [2.75, 3.05) is 18.5 Å². The molecule has 2 N–H and O–H groups in total. The van der Waals surface area contributed by atoms with Crippen molar-refractivity contribution in [3.05, 3.63) is 46.7 Å². The molecular formula is C15H13ClFNO3. The fraction of sp³-hybridized carbons (Fsp3) is 0.200. The van der Waals surface area contributed by atoms with Gasteiger partial charge in [0.05, 0.1) is 10.7 Å². The summed E-state index contributed by atoms with van der Waals surface area (Å²) in [7, 11) is 0. The first-order valence-corrected chi connectivity index (χ1v) is 6.81. The number of aromatic hydroxyl groups is 1. The van der Waals surface area contributed by atoms with Gasteiger partial charge < -0.3 is 19.9 Å². The monoisotopic (exact) mass is 309 g/mol. The molecule has 0 spiro atoms. The molecule has 0 atom stereocenters. The molecule has 0 aromatic heterocycles. The van der Waals surface area contributed by atoms with E-state index in [-0.39, 0.29) is 5.75 Å². The lowest BCUT2D eigenvalue weighted by Crippen LogP contribution is -2.15. The van der Waals surface area contributed by atoms with E-state index in [9.17, 15) is 9.50 Å². The topological polar surface area (TPSA) is 50.7 Å². The third-order valence-electron chi connectivity index (χ3n) is 3.06. The first kappa shape index (κ1) is 13.8. The summed E-state index contributed by atoms with van der Waals surface area (Å²) in [6.07, 6.45) is 0. The molecule has 6 heteroatoms. The van der Waals surface area contributed by atoms with Crippen LogP contribution in [0.1, 0.15) is 5.56 Å². The van der Waals surface area contributed by atoms with E-state index in [1.807, 2.05) is 0 Å². The van der Waals surface area contributed by atoms with E-state index in [0.29, 0.717) is 47.5 Å². The first-order chi connectivity index (χ1) is 10.1. The van der Waals surface area contributed by atoms with Gasteiger partial charge in [-0.25, -0.2) is 4.39 Å². The van der Waals surface area contributed by atoms with Crippen molar-refractivity contribution in [3.8, 4) is 17.2 Å². The van der Waals surface area contributed by atoms with Crippen LogP contribution in [0.5, 0.6) is 17.2 Å². The molecule has 0 radical (unpaired) electrons. The Labute approximate surface area is 126 Å². The Bertz CT molecular complexity index is 658. The molecule has 0 bridgehead atoms. The van der Waals surface area contributed by atoms with E-state index in [2.05, 4.69) is 5.32 Å². The molecule has 2 aromatic carbocycles. The van der Waals surface area contributed by atoms with Gasteiger partial charge in [-0.15, -0.1) is 0 Å². The summed E-state index contributed by atoms with van der Waals surface area (Å²) < 4.78 is 24.1. The molecule has 0 aliphatic carbocycles. The Kier molecular flexibility index (Phi) is 3.75. The van der Waals surface area contributed by atoms with Crippen LogP contribution in [0.3, 0.4) is 0 Å². The highest BCUT2D eigenvalue weighted by Crippen LogP contribution is 2.38. The van der Waals surface area contributed by atoms with Gasteiger partial charge in [0.25, 0.3) is 0 Å². The van der Waals surface area contributed by atoms with Crippen LogP contribution < -0.4 is 14.8 Å². The zero-order valence-corrected chi connectivity index (χ0v) is 11.8. The standard InChI is InChI=1S/C15H13ClFNO3/c16-12-6-14-15(21-2-1-20-14)7-13(12)18-8-9-3-10(17)5-11(19)4-9/h3-7,18-19H,1-2,8H2. The average Bonchev–Trinajstić information content (AvgIpc) is 2.44. The van der Waals surface area contributed by atoms with Crippen molar-refractivity contribution in [3.63, 3.8) is 0 Å². The first-order valence-electron chi connectivity index (χ1n) is 6.43. The molecule has 1 aliphatic heterocycles. The van der Waals surface area contributed by atoms with Crippen LogP contribution in [-0.2, 0) is 6.54 Å². The second-order valence-electron chi connectivity index (χ2n) is 4.65. The second kappa shape index (κ2) is 5.69. The van der Waals surface area contributed by atoms with E-state index in [0.717, 1.165) is 6.07 Å². The van der Waals surface area contributed by atoms with Crippen molar-refractivity contribution < 1.29 is 19.0 Å². The quantitative estimate of drug-likeness (QED) is 0.910. The van der Waals surface area contributed by atoms with Gasteiger partial charge in [-0.2, -0.15) is 0 Å². The smallest absolute Gasteiger partial charge is 0.163 e. The molecule has 0 unspecified atom stereocenters. The van der Waals surface area contributed by atoms with Crippen LogP contribution in [0, 0.1) is 5.82 Å². The lowest BCUT2D eigenvalue weighted by molar-refractivity contribution is 0.171. The summed E-state index contributed by atoms with van der Waals surface area (Å²) in [6.45, 7) is 1.31. The molecule has 0 saturated carbocycles. The summed E-state index contributed by atoms with van der Waals surface area (Å²) in [4.78, 5) is 0. The Morgan fingerprint density at radius 3 is 2.52 bits per heavy atom. The molecule has 1 aliphatic rings. The third kappa shape index (κ3) is 3.13. The molecular weight excluding hydrogens is 297 g/mol. The van der Waals surface area contributed by atoms with Gasteiger partial charge in [0.2, 0.25) is 0 Å². The summed E-state index contributed by atoms with van der Waals surface area (Å²) in [5, 5.41) is 12.9. The van der Waals surface area contributed by atoms with Crippen molar-refractivity contribution in [2.24, 2.45) is 0 Å². The summed E-state index contributed by atoms with van der Waals surface area (Å²) >= 11 is 6.17. The number of hydrogen-bond donors (Lipinski definition) is 2. The molecule has 0 saturated heterocycles. The van der Waals surface area contributed by atoms with E-state index in [4.69, 9.17) is 21.1 Å². The van der Waals surface area contributed by atoms with E-state index < -0.39 is 5.82 Å². The Morgan fingerprint density at radius 2 is 1.81 bits per heavy atom. The number of ether oxygens (including phenoxy) is 2. The van der Waals surface area contributed by atoms with Gasteiger partial charge in [-0.3, -0.25) is 0 Å². The predicted molar refractivity (Wildman–Crippen MR) is 77.8 cm³/mol. The molecule has 110 valence electrons. The number of phenols is 1. The average molecular weight is 310 g/mol. The van der Waals surface area contributed by atoms with Gasteiger partial charge >= 0.3 is 0 Å². The minimum absolute atomic E-state index is 0.111. The molecule has 0 fully saturated rings. The minimum atomic E-state index is -0.486. The number of fused-ring (bicyclic) bond motifs is 1. The van der Waals surface area contributed by atoms with Gasteiger partial charge in [-0.1, -0.05) is 11.6 Å². The number of nitrogens with one attached hydrogen (secondary N) is 1. The van der Waals surface area contributed by atoms with Crippen LogP contribution in [0.25, 0.3) is 0 Å². The van der Waals surface area contributed by atoms with Gasteiger partial charge in [0.15, 0.2) is 11.5 Å². The van der Waals surface area contributed by atoms with Gasteiger partial charge in [-0.05, 0) is 17.7 Å². The fourth-order valence-electron chi connectivity index (χ4n) is 2.13. The number of hydrogen-bond acceptors (Lipinski definition) is 4. The molecule has 4 nitrogen and oxygen atoms in total. The highest BCUT2D eigenvalue weighted by Gasteiger charge is 2.15. The van der Waals surface area contributed by atoms with Crippen LogP contribution in [-0.4, -0.2) is 18.3 Å². The maximum Gasteiger partial charge on any atom is 0.163 e. The van der Waals surface area contributed by atoms with Crippen LogP contribution in [0.15, 0.2) is 30.3 Å². The SMILES string of the molecule is Oc1cc(F)cc(CNc2cc3c(cc2Cl)OCCO3)c1. The highest BCUT2D eigenvalue weighted by atomic mass is 35.5. The third-order valence-corrected chi connectivity index (χ3v) is 3.37. The number of anilines is 1. The summed E-state index contributed by atoms with van der Waals surface area (Å²) in [5.41, 5.74) is 1.27. The minimum Gasteiger partial charge on any atom is -0.508 e. The lowest BCUT2D eigenvalue weighted by Gasteiger charge is -2.20. The zero-order chi connectivity index (χ0) is 14.8. The largest absolute Gasteiger partial charge is 0.508 e. The summed E-state index contributed by atoms with van der Waals surface area (Å²) in [5.74, 6) is 0.635. The van der Waals surface area contributed by atoms with E-state index in [1.165, 1.54) is 12.1 Å². The molecule has 2 aromatic rings. The Balaban J connectivity index is 1.78. The maximum atomic E-state index is 13.2. The maximum absolute atomic E-state index is 13.2. The lowest BCUT2D eigenvalue weighted by atomic mass is 10.2. The molecule has 1 heterocycles. The van der Waals surface area contributed by atoms with Crippen LogP contribution in [0.2, 0.25) is 5.02 Å². The number of benzene rings is 2. The number of halogens is 2. The molecule has 3 rings (SSSR count). The van der Waals surface area contributed by atoms with Gasteiger partial charge in [0.1, 0.15) is 24.8 Å². The normalized spacial score (nSPS) is 13.0. The highest BCUT2D eigenvalue weighted by molar-refractivity contribution is 6.33. The van der Waals surface area contributed by atoms with Crippen molar-refractivity contribution in [2.45, 2.75) is 6.54 Å². The van der Waals surface area contributed by atoms with Gasteiger partial charge in [0, 0.05) is 24.7 Å². The van der Waals surface area contributed by atoms with Crippen LogP contribution >= 0.6 is 11.6 Å². The molecule has 21 heavy (non-hydrogen) atoms. The Hall–Kier alpha value is -2.14. The number of rotatable bonds is 3. The molecule has 0 amide bonds. The number of phenolic OH excluding ortho intramolecular Hbond substituents is 1. The zero-order valence-electron chi connectivity index (χ0n) is 11.0. The van der Waals surface area contributed by atoms with E-state index in [1.54, 1.807) is 12.1 Å². The van der Waals surface area contributed by atoms with Crippen molar-refractivity contribution >= 4 is 17.3 Å². The second-order valence-corrected chi connectivity index (χ2v) is 5.05. The predicted octanol–water partition coefficient (Wildman–Crippen LogP) is 3.57. The Morgan fingerprint density at radius 1 is 1.10 bits per heavy atom. The van der Waals surface area contributed by atoms with Crippen molar-refractivity contribution in [1.29, 1.82) is 0 Å². The van der Waals surface area contributed by atoms with Crippen LogP contribution in [0.4, 0.5) is 10.1 Å². The summed E-state index contributed by atoms with van der Waals surface area (Å²) in [6, 6.07) is 7.32. The van der Waals surface area contributed by atoms with E-state index >= 15 is 0 Å². The van der Waals surface area contributed by atoms with Crippen molar-refractivity contribution in [1.82, 2.24) is 0 Å².